The highest BCUT2D eigenvalue weighted by Gasteiger charge is 2.16. The third-order valence-corrected chi connectivity index (χ3v) is 3.40. The minimum atomic E-state index is 0.167. The summed E-state index contributed by atoms with van der Waals surface area (Å²) < 4.78 is 2.86. The first-order valence-corrected chi connectivity index (χ1v) is 6.39. The number of carbonyl (C=O) groups excluding carboxylic acids is 1. The lowest BCUT2D eigenvalue weighted by atomic mass is 10.1. The van der Waals surface area contributed by atoms with Crippen LogP contribution < -0.4 is 5.73 Å². The zero-order chi connectivity index (χ0) is 12.1. The van der Waals surface area contributed by atoms with Crippen LogP contribution in [0, 0.1) is 0 Å². The maximum absolute atomic E-state index is 11.6. The van der Waals surface area contributed by atoms with E-state index in [2.05, 4.69) is 28.0 Å². The SMILES string of the molecule is CCc1nn(CC)c(CC(=O)CCN)c1Br. The van der Waals surface area contributed by atoms with Gasteiger partial charge in [0.2, 0.25) is 0 Å². The Morgan fingerprint density at radius 1 is 1.50 bits per heavy atom. The molecule has 1 aromatic heterocycles. The summed E-state index contributed by atoms with van der Waals surface area (Å²) in [6.07, 6.45) is 1.72. The lowest BCUT2D eigenvalue weighted by Crippen LogP contribution is -2.13. The molecule has 0 spiro atoms. The van der Waals surface area contributed by atoms with Gasteiger partial charge in [-0.25, -0.2) is 0 Å². The number of halogens is 1. The van der Waals surface area contributed by atoms with Gasteiger partial charge in [-0.3, -0.25) is 9.48 Å². The molecule has 0 unspecified atom stereocenters. The summed E-state index contributed by atoms with van der Waals surface area (Å²) in [6.45, 7) is 5.27. The number of aromatic nitrogens is 2. The zero-order valence-electron chi connectivity index (χ0n) is 9.79. The van der Waals surface area contributed by atoms with Crippen molar-refractivity contribution in [1.29, 1.82) is 0 Å². The molecule has 0 bridgehead atoms. The summed E-state index contributed by atoms with van der Waals surface area (Å²) in [5, 5.41) is 4.45. The number of hydrogen-bond donors (Lipinski definition) is 1. The summed E-state index contributed by atoms with van der Waals surface area (Å²) in [7, 11) is 0. The minimum absolute atomic E-state index is 0.167. The third-order valence-electron chi connectivity index (χ3n) is 2.48. The van der Waals surface area contributed by atoms with Crippen molar-refractivity contribution in [3.63, 3.8) is 0 Å². The molecule has 0 atom stereocenters. The maximum atomic E-state index is 11.6. The zero-order valence-corrected chi connectivity index (χ0v) is 11.4. The van der Waals surface area contributed by atoms with Crippen LogP contribution in [0.1, 0.15) is 31.7 Å². The normalized spacial score (nSPS) is 10.8. The van der Waals surface area contributed by atoms with Gasteiger partial charge >= 0.3 is 0 Å². The molecular formula is C11H18BrN3O. The fourth-order valence-corrected chi connectivity index (χ4v) is 2.33. The minimum Gasteiger partial charge on any atom is -0.330 e. The fraction of sp³-hybridized carbons (Fsp3) is 0.636. The number of carbonyl (C=O) groups is 1. The van der Waals surface area contributed by atoms with Crippen LogP contribution in [0.25, 0.3) is 0 Å². The molecule has 2 N–H and O–H groups in total. The van der Waals surface area contributed by atoms with Crippen molar-refractivity contribution in [1.82, 2.24) is 9.78 Å². The number of ketones is 1. The van der Waals surface area contributed by atoms with E-state index in [1.54, 1.807) is 0 Å². The van der Waals surface area contributed by atoms with E-state index < -0.39 is 0 Å². The van der Waals surface area contributed by atoms with E-state index in [4.69, 9.17) is 5.73 Å². The smallest absolute Gasteiger partial charge is 0.140 e. The first-order valence-electron chi connectivity index (χ1n) is 5.59. The van der Waals surface area contributed by atoms with E-state index in [1.165, 1.54) is 0 Å². The van der Waals surface area contributed by atoms with Gasteiger partial charge in [0.15, 0.2) is 0 Å². The molecular weight excluding hydrogens is 270 g/mol. The number of aryl methyl sites for hydroxylation is 2. The Kier molecular flexibility index (Phi) is 5.15. The van der Waals surface area contributed by atoms with Crippen LogP contribution in [0.4, 0.5) is 0 Å². The molecule has 90 valence electrons. The van der Waals surface area contributed by atoms with Crippen molar-refractivity contribution < 1.29 is 4.79 Å². The molecule has 0 aliphatic carbocycles. The molecule has 0 aliphatic rings. The van der Waals surface area contributed by atoms with Crippen molar-refractivity contribution in [3.05, 3.63) is 15.9 Å². The molecule has 1 heterocycles. The molecule has 5 heteroatoms. The molecule has 16 heavy (non-hydrogen) atoms. The van der Waals surface area contributed by atoms with E-state index >= 15 is 0 Å². The quantitative estimate of drug-likeness (QED) is 0.866. The maximum Gasteiger partial charge on any atom is 0.140 e. The highest BCUT2D eigenvalue weighted by molar-refractivity contribution is 9.10. The second-order valence-corrected chi connectivity index (χ2v) is 4.42. The summed E-state index contributed by atoms with van der Waals surface area (Å²) in [4.78, 5) is 11.6. The molecule has 0 fully saturated rings. The Morgan fingerprint density at radius 2 is 2.19 bits per heavy atom. The van der Waals surface area contributed by atoms with Crippen LogP contribution in [0.5, 0.6) is 0 Å². The molecule has 0 aromatic carbocycles. The van der Waals surface area contributed by atoms with Crippen molar-refractivity contribution in [2.24, 2.45) is 5.73 Å². The number of hydrogen-bond acceptors (Lipinski definition) is 3. The highest BCUT2D eigenvalue weighted by atomic mass is 79.9. The number of nitrogens with zero attached hydrogens (tertiary/aromatic N) is 2. The van der Waals surface area contributed by atoms with Gasteiger partial charge in [-0.1, -0.05) is 6.92 Å². The molecule has 1 aromatic rings. The molecule has 0 saturated carbocycles. The van der Waals surface area contributed by atoms with E-state index in [9.17, 15) is 4.79 Å². The van der Waals surface area contributed by atoms with Gasteiger partial charge in [-0.15, -0.1) is 0 Å². The van der Waals surface area contributed by atoms with Crippen molar-refractivity contribution in [2.45, 2.75) is 39.7 Å². The Bertz CT molecular complexity index is 374. The average molecular weight is 288 g/mol. The largest absolute Gasteiger partial charge is 0.330 e. The van der Waals surface area contributed by atoms with Crippen LogP contribution in [-0.4, -0.2) is 22.1 Å². The van der Waals surface area contributed by atoms with Crippen molar-refractivity contribution >= 4 is 21.7 Å². The van der Waals surface area contributed by atoms with E-state index in [0.29, 0.717) is 19.4 Å². The molecule has 1 rings (SSSR count). The highest BCUT2D eigenvalue weighted by Crippen LogP contribution is 2.23. The molecule has 0 radical (unpaired) electrons. The molecule has 0 aliphatic heterocycles. The van der Waals surface area contributed by atoms with Crippen LogP contribution in [-0.2, 0) is 24.2 Å². The number of nitrogens with two attached hydrogens (primary N) is 1. The Morgan fingerprint density at radius 3 is 2.69 bits per heavy atom. The van der Waals surface area contributed by atoms with Crippen molar-refractivity contribution in [3.8, 4) is 0 Å². The Balaban J connectivity index is 2.93. The van der Waals surface area contributed by atoms with Crippen LogP contribution >= 0.6 is 15.9 Å². The van der Waals surface area contributed by atoms with Gasteiger partial charge in [0.1, 0.15) is 5.78 Å². The third kappa shape index (κ3) is 2.92. The first kappa shape index (κ1) is 13.4. The van der Waals surface area contributed by atoms with Crippen LogP contribution in [0.15, 0.2) is 4.47 Å². The van der Waals surface area contributed by atoms with Gasteiger partial charge in [-0.2, -0.15) is 5.10 Å². The topological polar surface area (TPSA) is 60.9 Å². The summed E-state index contributed by atoms with van der Waals surface area (Å²) in [5.74, 6) is 0.167. The molecule has 4 nitrogen and oxygen atoms in total. The predicted octanol–water partition coefficient (Wildman–Crippen LogP) is 1.69. The second-order valence-electron chi connectivity index (χ2n) is 3.63. The standard InChI is InChI=1S/C11H18BrN3O/c1-3-9-11(12)10(15(4-2)14-9)7-8(16)5-6-13/h3-7,13H2,1-2H3. The van der Waals surface area contributed by atoms with Crippen LogP contribution in [0.2, 0.25) is 0 Å². The summed E-state index contributed by atoms with van der Waals surface area (Å²) >= 11 is 3.52. The van der Waals surface area contributed by atoms with Gasteiger partial charge < -0.3 is 5.73 Å². The lowest BCUT2D eigenvalue weighted by molar-refractivity contribution is -0.118. The fourth-order valence-electron chi connectivity index (χ4n) is 1.62. The molecule has 0 saturated heterocycles. The number of rotatable bonds is 6. The average Bonchev–Trinajstić information content (AvgIpc) is 2.56. The second kappa shape index (κ2) is 6.15. The summed E-state index contributed by atoms with van der Waals surface area (Å²) in [6, 6.07) is 0. The van der Waals surface area contributed by atoms with E-state index in [-0.39, 0.29) is 5.78 Å². The lowest BCUT2D eigenvalue weighted by Gasteiger charge is -2.04. The monoisotopic (exact) mass is 287 g/mol. The van der Waals surface area contributed by atoms with Gasteiger partial charge in [0.05, 0.1) is 15.9 Å². The first-order chi connectivity index (χ1) is 7.63. The Hall–Kier alpha value is -0.680. The number of Topliss-reactive ketones (excluding diaryl/α,β-unsaturated/α-hetero) is 1. The van der Waals surface area contributed by atoms with Crippen LogP contribution in [0.3, 0.4) is 0 Å². The Labute approximate surface area is 104 Å². The van der Waals surface area contributed by atoms with E-state index in [1.807, 2.05) is 11.6 Å². The van der Waals surface area contributed by atoms with Gasteiger partial charge in [-0.05, 0) is 35.8 Å². The van der Waals surface area contributed by atoms with Gasteiger partial charge in [0.25, 0.3) is 0 Å². The van der Waals surface area contributed by atoms with E-state index in [0.717, 1.165) is 28.8 Å². The van der Waals surface area contributed by atoms with Crippen molar-refractivity contribution in [2.75, 3.05) is 6.54 Å². The van der Waals surface area contributed by atoms with Gasteiger partial charge in [0, 0.05) is 19.4 Å². The summed E-state index contributed by atoms with van der Waals surface area (Å²) in [5.41, 5.74) is 7.35. The predicted molar refractivity (Wildman–Crippen MR) is 67.4 cm³/mol. The molecule has 0 amide bonds.